The van der Waals surface area contributed by atoms with Crippen molar-refractivity contribution < 1.29 is 18.9 Å². The zero-order valence-corrected chi connectivity index (χ0v) is 22.0. The molecule has 0 amide bonds. The number of benzene rings is 5. The highest BCUT2D eigenvalue weighted by molar-refractivity contribution is 5.78. The van der Waals surface area contributed by atoms with Crippen molar-refractivity contribution in [3.05, 3.63) is 109 Å². The number of methoxy groups -OCH3 is 4. The molecule has 0 aliphatic heterocycles. The predicted molar refractivity (Wildman–Crippen MR) is 154 cm³/mol. The van der Waals surface area contributed by atoms with Gasteiger partial charge in [0.2, 0.25) is 0 Å². The van der Waals surface area contributed by atoms with Crippen LogP contribution >= 0.6 is 0 Å². The maximum atomic E-state index is 5.56. The summed E-state index contributed by atoms with van der Waals surface area (Å²) >= 11 is 0. The summed E-state index contributed by atoms with van der Waals surface area (Å²) in [6.45, 7) is 0. The summed E-state index contributed by atoms with van der Waals surface area (Å²) in [5.41, 5.74) is 8.80. The second-order valence-corrected chi connectivity index (χ2v) is 8.86. The van der Waals surface area contributed by atoms with Crippen molar-refractivity contribution in [2.45, 2.75) is 0 Å². The van der Waals surface area contributed by atoms with Crippen LogP contribution in [0, 0.1) is 0 Å². The molecule has 5 aromatic carbocycles. The zero-order valence-electron chi connectivity index (χ0n) is 22.0. The van der Waals surface area contributed by atoms with Crippen LogP contribution in [0.25, 0.3) is 44.5 Å². The van der Waals surface area contributed by atoms with Crippen molar-refractivity contribution in [1.29, 1.82) is 0 Å². The molecule has 5 aromatic rings. The van der Waals surface area contributed by atoms with Crippen LogP contribution in [0.3, 0.4) is 0 Å². The van der Waals surface area contributed by atoms with E-state index < -0.39 is 0 Å². The van der Waals surface area contributed by atoms with Crippen molar-refractivity contribution >= 4 is 0 Å². The lowest BCUT2D eigenvalue weighted by molar-refractivity contribution is 0.404. The van der Waals surface area contributed by atoms with E-state index in [1.165, 1.54) is 0 Å². The Labute approximate surface area is 224 Å². The van der Waals surface area contributed by atoms with Crippen molar-refractivity contribution in [3.8, 4) is 67.5 Å². The zero-order chi connectivity index (χ0) is 26.5. The molecule has 0 radical (unpaired) electrons. The highest BCUT2D eigenvalue weighted by Gasteiger charge is 2.10. The third-order valence-electron chi connectivity index (χ3n) is 6.76. The number of hydrogen-bond donors (Lipinski definition) is 0. The fraction of sp³-hybridized carbons (Fsp3) is 0.118. The van der Waals surface area contributed by atoms with Gasteiger partial charge in [0.05, 0.1) is 28.4 Å². The molecule has 0 aromatic heterocycles. The van der Waals surface area contributed by atoms with Crippen molar-refractivity contribution in [3.63, 3.8) is 0 Å². The monoisotopic (exact) mass is 502 g/mol. The Balaban J connectivity index is 1.36. The Bertz CT molecular complexity index is 1400. The standard InChI is InChI=1S/C34H30O4/c1-35-29-17-19-33(37-3)31(21-29)27-13-9-25(10-14-27)23-5-7-24(8-6-23)26-11-15-28(16-12-26)32-22-30(36-2)18-20-34(32)38-4/h5-22H,1-4H3. The second-order valence-electron chi connectivity index (χ2n) is 8.86. The highest BCUT2D eigenvalue weighted by atomic mass is 16.5. The molecule has 0 heterocycles. The van der Waals surface area contributed by atoms with E-state index in [4.69, 9.17) is 18.9 Å². The Kier molecular flexibility index (Phi) is 7.32. The average molecular weight is 503 g/mol. The predicted octanol–water partition coefficient (Wildman–Crippen LogP) is 8.39. The van der Waals surface area contributed by atoms with E-state index in [0.717, 1.165) is 67.5 Å². The molecule has 0 atom stereocenters. The van der Waals surface area contributed by atoms with Crippen molar-refractivity contribution in [2.24, 2.45) is 0 Å². The molecule has 0 saturated heterocycles. The summed E-state index contributed by atoms with van der Waals surface area (Å²) in [5.74, 6) is 3.24. The molecule has 0 spiro atoms. The van der Waals surface area contributed by atoms with Gasteiger partial charge in [0.25, 0.3) is 0 Å². The molecule has 4 nitrogen and oxygen atoms in total. The quantitative estimate of drug-likeness (QED) is 0.213. The minimum absolute atomic E-state index is 0.802. The van der Waals surface area contributed by atoms with Gasteiger partial charge in [-0.15, -0.1) is 0 Å². The van der Waals surface area contributed by atoms with Gasteiger partial charge in [-0.1, -0.05) is 72.8 Å². The van der Waals surface area contributed by atoms with Crippen LogP contribution in [0.4, 0.5) is 0 Å². The summed E-state index contributed by atoms with van der Waals surface area (Å²) in [7, 11) is 6.71. The molecule has 5 rings (SSSR count). The maximum absolute atomic E-state index is 5.56. The molecule has 0 saturated carbocycles. The SMILES string of the molecule is COc1ccc(OC)c(-c2ccc(-c3ccc(-c4ccc(-c5cc(OC)ccc5OC)cc4)cc3)cc2)c1. The fourth-order valence-corrected chi connectivity index (χ4v) is 4.62. The van der Waals surface area contributed by atoms with Gasteiger partial charge in [0.15, 0.2) is 0 Å². The molecule has 0 aliphatic carbocycles. The molecule has 0 unspecified atom stereocenters. The Morgan fingerprint density at radius 1 is 0.316 bits per heavy atom. The van der Waals surface area contributed by atoms with Gasteiger partial charge in [-0.3, -0.25) is 0 Å². The smallest absolute Gasteiger partial charge is 0.126 e. The molecule has 0 N–H and O–H groups in total. The van der Waals surface area contributed by atoms with Gasteiger partial charge in [0.1, 0.15) is 23.0 Å². The van der Waals surface area contributed by atoms with Gasteiger partial charge >= 0.3 is 0 Å². The average Bonchev–Trinajstić information content (AvgIpc) is 3.00. The first-order valence-electron chi connectivity index (χ1n) is 12.4. The molecule has 190 valence electrons. The van der Waals surface area contributed by atoms with Gasteiger partial charge in [-0.25, -0.2) is 0 Å². The van der Waals surface area contributed by atoms with Crippen molar-refractivity contribution in [2.75, 3.05) is 28.4 Å². The minimum atomic E-state index is 0.802. The summed E-state index contributed by atoms with van der Waals surface area (Å²) in [6.07, 6.45) is 0. The summed E-state index contributed by atoms with van der Waals surface area (Å²) in [6, 6.07) is 37.3. The molecular formula is C34H30O4. The van der Waals surface area contributed by atoms with Crippen LogP contribution in [-0.2, 0) is 0 Å². The molecule has 4 heteroatoms. The Hall–Kier alpha value is -4.70. The minimum Gasteiger partial charge on any atom is -0.497 e. The molecular weight excluding hydrogens is 472 g/mol. The first kappa shape index (κ1) is 25.0. The lowest BCUT2D eigenvalue weighted by Gasteiger charge is -2.12. The number of ether oxygens (including phenoxy) is 4. The molecule has 38 heavy (non-hydrogen) atoms. The van der Waals surface area contributed by atoms with Crippen LogP contribution in [0.2, 0.25) is 0 Å². The normalized spacial score (nSPS) is 10.6. The first-order valence-corrected chi connectivity index (χ1v) is 12.4. The molecule has 0 bridgehead atoms. The van der Waals surface area contributed by atoms with Gasteiger partial charge in [0, 0.05) is 11.1 Å². The largest absolute Gasteiger partial charge is 0.497 e. The fourth-order valence-electron chi connectivity index (χ4n) is 4.62. The van der Waals surface area contributed by atoms with Crippen LogP contribution in [0.1, 0.15) is 0 Å². The van der Waals surface area contributed by atoms with E-state index in [2.05, 4.69) is 72.8 Å². The highest BCUT2D eigenvalue weighted by Crippen LogP contribution is 2.36. The van der Waals surface area contributed by atoms with E-state index in [1.807, 2.05) is 36.4 Å². The lowest BCUT2D eigenvalue weighted by atomic mass is 9.96. The number of hydrogen-bond acceptors (Lipinski definition) is 4. The van der Waals surface area contributed by atoms with Crippen molar-refractivity contribution in [1.82, 2.24) is 0 Å². The Morgan fingerprint density at radius 3 is 0.868 bits per heavy atom. The van der Waals surface area contributed by atoms with Crippen LogP contribution in [-0.4, -0.2) is 28.4 Å². The summed E-state index contributed by atoms with van der Waals surface area (Å²) in [5, 5.41) is 0. The molecule has 0 fully saturated rings. The number of rotatable bonds is 8. The van der Waals surface area contributed by atoms with E-state index in [0.29, 0.717) is 0 Å². The van der Waals surface area contributed by atoms with E-state index in [-0.39, 0.29) is 0 Å². The second kappa shape index (κ2) is 11.1. The molecule has 0 aliphatic rings. The third-order valence-corrected chi connectivity index (χ3v) is 6.76. The van der Waals surface area contributed by atoms with Crippen LogP contribution < -0.4 is 18.9 Å². The van der Waals surface area contributed by atoms with E-state index in [1.54, 1.807) is 28.4 Å². The van der Waals surface area contributed by atoms with Gasteiger partial charge < -0.3 is 18.9 Å². The third kappa shape index (κ3) is 5.07. The van der Waals surface area contributed by atoms with E-state index >= 15 is 0 Å². The summed E-state index contributed by atoms with van der Waals surface area (Å²) < 4.78 is 21.9. The first-order chi connectivity index (χ1) is 18.6. The lowest BCUT2D eigenvalue weighted by Crippen LogP contribution is -1.90. The van der Waals surface area contributed by atoms with E-state index in [9.17, 15) is 0 Å². The van der Waals surface area contributed by atoms with Gasteiger partial charge in [-0.05, 0) is 69.8 Å². The topological polar surface area (TPSA) is 36.9 Å². The van der Waals surface area contributed by atoms with Crippen LogP contribution in [0.15, 0.2) is 109 Å². The van der Waals surface area contributed by atoms with Gasteiger partial charge in [-0.2, -0.15) is 0 Å². The summed E-state index contributed by atoms with van der Waals surface area (Å²) in [4.78, 5) is 0. The Morgan fingerprint density at radius 2 is 0.605 bits per heavy atom. The maximum Gasteiger partial charge on any atom is 0.126 e. The van der Waals surface area contributed by atoms with Crippen LogP contribution in [0.5, 0.6) is 23.0 Å².